The molecule has 3 nitrogen and oxygen atoms in total. The summed E-state index contributed by atoms with van der Waals surface area (Å²) in [6.07, 6.45) is 0. The quantitative estimate of drug-likeness (QED) is 0.938. The van der Waals surface area contributed by atoms with Gasteiger partial charge in [0.25, 0.3) is 0 Å². The van der Waals surface area contributed by atoms with Gasteiger partial charge in [0.2, 0.25) is 0 Å². The third-order valence-electron chi connectivity index (χ3n) is 2.67. The molecule has 0 aliphatic carbocycles. The molecular formula is C13H16ClNO2S. The van der Waals surface area contributed by atoms with Crippen molar-refractivity contribution in [3.8, 4) is 11.5 Å². The molecule has 0 radical (unpaired) electrons. The third kappa shape index (κ3) is 2.96. The standard InChI is InChI=1S/C13H15NO2S.ClH/c1-15-10-3-4-12(16-2)11(7-10)13(14)9-5-6-17-8-9;/h3-8,13H,14H2,1-2H3;1H/t13-;/m1./s1. The molecule has 0 fully saturated rings. The first kappa shape index (κ1) is 14.8. The van der Waals surface area contributed by atoms with Crippen LogP contribution in [0.15, 0.2) is 35.0 Å². The Morgan fingerprint density at radius 3 is 2.50 bits per heavy atom. The second kappa shape index (κ2) is 6.64. The summed E-state index contributed by atoms with van der Waals surface area (Å²) in [6.45, 7) is 0. The van der Waals surface area contributed by atoms with E-state index in [1.54, 1.807) is 25.6 Å². The average Bonchev–Trinajstić information content (AvgIpc) is 2.91. The van der Waals surface area contributed by atoms with Crippen LogP contribution < -0.4 is 15.2 Å². The highest BCUT2D eigenvalue weighted by Gasteiger charge is 2.15. The van der Waals surface area contributed by atoms with Crippen molar-refractivity contribution < 1.29 is 9.47 Å². The number of halogens is 1. The normalized spacial score (nSPS) is 11.5. The van der Waals surface area contributed by atoms with Crippen LogP contribution in [0.25, 0.3) is 0 Å². The SMILES string of the molecule is COc1ccc(OC)c([C@H](N)c2ccsc2)c1.Cl. The lowest BCUT2D eigenvalue weighted by molar-refractivity contribution is 0.397. The molecule has 2 aromatic rings. The number of hydrogen-bond acceptors (Lipinski definition) is 4. The Morgan fingerprint density at radius 2 is 1.94 bits per heavy atom. The molecule has 0 unspecified atom stereocenters. The van der Waals surface area contributed by atoms with Crippen molar-refractivity contribution in [3.05, 3.63) is 46.2 Å². The first-order valence-electron chi connectivity index (χ1n) is 5.26. The number of thiophene rings is 1. The Morgan fingerprint density at radius 1 is 1.17 bits per heavy atom. The smallest absolute Gasteiger partial charge is 0.124 e. The zero-order valence-electron chi connectivity index (χ0n) is 10.3. The summed E-state index contributed by atoms with van der Waals surface area (Å²) >= 11 is 1.63. The number of hydrogen-bond donors (Lipinski definition) is 1. The van der Waals surface area contributed by atoms with Gasteiger partial charge in [0.1, 0.15) is 11.5 Å². The van der Waals surface area contributed by atoms with Crippen molar-refractivity contribution >= 4 is 23.7 Å². The van der Waals surface area contributed by atoms with E-state index in [2.05, 4.69) is 0 Å². The molecule has 0 amide bonds. The minimum absolute atomic E-state index is 0. The van der Waals surface area contributed by atoms with Crippen molar-refractivity contribution in [2.24, 2.45) is 5.73 Å². The second-order valence-electron chi connectivity index (χ2n) is 3.64. The van der Waals surface area contributed by atoms with E-state index < -0.39 is 0 Å². The van der Waals surface area contributed by atoms with Crippen LogP contribution in [0.2, 0.25) is 0 Å². The summed E-state index contributed by atoms with van der Waals surface area (Å²) in [6, 6.07) is 7.49. The molecule has 0 saturated heterocycles. The summed E-state index contributed by atoms with van der Waals surface area (Å²) in [5.41, 5.74) is 8.25. The lowest BCUT2D eigenvalue weighted by Gasteiger charge is -2.15. The monoisotopic (exact) mass is 285 g/mol. The van der Waals surface area contributed by atoms with Gasteiger partial charge in [-0.05, 0) is 40.6 Å². The molecule has 18 heavy (non-hydrogen) atoms. The fraction of sp³-hybridized carbons (Fsp3) is 0.231. The summed E-state index contributed by atoms with van der Waals surface area (Å²) in [7, 11) is 3.29. The topological polar surface area (TPSA) is 44.5 Å². The van der Waals surface area contributed by atoms with Crippen LogP contribution in [0.1, 0.15) is 17.2 Å². The fourth-order valence-corrected chi connectivity index (χ4v) is 2.41. The zero-order chi connectivity index (χ0) is 12.3. The van der Waals surface area contributed by atoms with E-state index in [4.69, 9.17) is 15.2 Å². The molecule has 0 saturated carbocycles. The van der Waals surface area contributed by atoms with Crippen molar-refractivity contribution in [3.63, 3.8) is 0 Å². The number of methoxy groups -OCH3 is 2. The Labute approximate surface area is 117 Å². The average molecular weight is 286 g/mol. The number of nitrogens with two attached hydrogens (primary N) is 1. The lowest BCUT2D eigenvalue weighted by Crippen LogP contribution is -2.12. The molecular weight excluding hydrogens is 270 g/mol. The molecule has 1 heterocycles. The molecule has 0 bridgehead atoms. The summed E-state index contributed by atoms with van der Waals surface area (Å²) in [5.74, 6) is 1.57. The number of ether oxygens (including phenoxy) is 2. The van der Waals surface area contributed by atoms with Crippen molar-refractivity contribution in [1.82, 2.24) is 0 Å². The summed E-state index contributed by atoms with van der Waals surface area (Å²) in [4.78, 5) is 0. The van der Waals surface area contributed by atoms with E-state index in [0.717, 1.165) is 22.6 Å². The van der Waals surface area contributed by atoms with E-state index in [-0.39, 0.29) is 18.4 Å². The van der Waals surface area contributed by atoms with Crippen LogP contribution in [0.4, 0.5) is 0 Å². The first-order valence-corrected chi connectivity index (χ1v) is 6.20. The van der Waals surface area contributed by atoms with Gasteiger partial charge in [-0.2, -0.15) is 11.3 Å². The second-order valence-corrected chi connectivity index (χ2v) is 4.42. The van der Waals surface area contributed by atoms with Crippen LogP contribution >= 0.6 is 23.7 Å². The highest BCUT2D eigenvalue weighted by Crippen LogP contribution is 2.32. The maximum Gasteiger partial charge on any atom is 0.124 e. The molecule has 1 atom stereocenters. The van der Waals surface area contributed by atoms with Gasteiger partial charge < -0.3 is 15.2 Å². The summed E-state index contributed by atoms with van der Waals surface area (Å²) in [5, 5.41) is 4.06. The van der Waals surface area contributed by atoms with Gasteiger partial charge in [0.05, 0.1) is 20.3 Å². The van der Waals surface area contributed by atoms with E-state index in [1.807, 2.05) is 35.0 Å². The van der Waals surface area contributed by atoms with Gasteiger partial charge in [0, 0.05) is 5.56 Å². The Bertz CT molecular complexity index is 488. The van der Waals surface area contributed by atoms with Gasteiger partial charge in [-0.1, -0.05) is 0 Å². The lowest BCUT2D eigenvalue weighted by atomic mass is 10.0. The van der Waals surface area contributed by atoms with Crippen LogP contribution in [-0.4, -0.2) is 14.2 Å². The maximum absolute atomic E-state index is 6.23. The van der Waals surface area contributed by atoms with E-state index in [9.17, 15) is 0 Å². The predicted molar refractivity (Wildman–Crippen MR) is 77.1 cm³/mol. The van der Waals surface area contributed by atoms with Gasteiger partial charge in [-0.25, -0.2) is 0 Å². The van der Waals surface area contributed by atoms with Gasteiger partial charge in [0.15, 0.2) is 0 Å². The molecule has 2 rings (SSSR count). The number of rotatable bonds is 4. The van der Waals surface area contributed by atoms with Gasteiger partial charge >= 0.3 is 0 Å². The highest BCUT2D eigenvalue weighted by atomic mass is 35.5. The molecule has 5 heteroatoms. The molecule has 2 N–H and O–H groups in total. The first-order chi connectivity index (χ1) is 8.26. The maximum atomic E-state index is 6.23. The third-order valence-corrected chi connectivity index (χ3v) is 3.38. The van der Waals surface area contributed by atoms with Gasteiger partial charge in [-0.3, -0.25) is 0 Å². The Balaban J connectivity index is 0.00000162. The molecule has 0 aliphatic rings. The number of benzene rings is 1. The minimum atomic E-state index is -0.189. The van der Waals surface area contributed by atoms with E-state index in [1.165, 1.54) is 0 Å². The zero-order valence-corrected chi connectivity index (χ0v) is 11.9. The fourth-order valence-electron chi connectivity index (χ4n) is 1.71. The van der Waals surface area contributed by atoms with Crippen LogP contribution in [0, 0.1) is 0 Å². The predicted octanol–water partition coefficient (Wildman–Crippen LogP) is 3.24. The molecule has 0 aliphatic heterocycles. The summed E-state index contributed by atoms with van der Waals surface area (Å²) < 4.78 is 10.5. The van der Waals surface area contributed by atoms with Crippen molar-refractivity contribution in [1.29, 1.82) is 0 Å². The van der Waals surface area contributed by atoms with Crippen LogP contribution in [0.3, 0.4) is 0 Å². The molecule has 0 spiro atoms. The largest absolute Gasteiger partial charge is 0.497 e. The molecule has 1 aromatic heterocycles. The minimum Gasteiger partial charge on any atom is -0.497 e. The molecule has 98 valence electrons. The Hall–Kier alpha value is -1.23. The van der Waals surface area contributed by atoms with Crippen molar-refractivity contribution in [2.45, 2.75) is 6.04 Å². The van der Waals surface area contributed by atoms with Gasteiger partial charge in [-0.15, -0.1) is 12.4 Å². The van der Waals surface area contributed by atoms with E-state index >= 15 is 0 Å². The molecule has 1 aromatic carbocycles. The Kier molecular flexibility index (Phi) is 5.47. The van der Waals surface area contributed by atoms with Crippen molar-refractivity contribution in [2.75, 3.05) is 14.2 Å². The van der Waals surface area contributed by atoms with Crippen LogP contribution in [0.5, 0.6) is 11.5 Å². The highest BCUT2D eigenvalue weighted by molar-refractivity contribution is 7.08. The van der Waals surface area contributed by atoms with E-state index in [0.29, 0.717) is 0 Å². The van der Waals surface area contributed by atoms with Crippen LogP contribution in [-0.2, 0) is 0 Å².